The van der Waals surface area contributed by atoms with Gasteiger partial charge in [-0.1, -0.05) is 6.92 Å². The van der Waals surface area contributed by atoms with Gasteiger partial charge in [0, 0.05) is 36.9 Å². The van der Waals surface area contributed by atoms with E-state index >= 15 is 0 Å². The summed E-state index contributed by atoms with van der Waals surface area (Å²) in [5.41, 5.74) is 1.09. The monoisotopic (exact) mass is 327 g/mol. The van der Waals surface area contributed by atoms with E-state index in [4.69, 9.17) is 0 Å². The molecular formula is C19H25N3O2. The summed E-state index contributed by atoms with van der Waals surface area (Å²) >= 11 is 0. The zero-order valence-electron chi connectivity index (χ0n) is 14.4. The van der Waals surface area contributed by atoms with Gasteiger partial charge in [-0.05, 0) is 50.5 Å². The van der Waals surface area contributed by atoms with Crippen LogP contribution in [0.15, 0.2) is 23.3 Å². The van der Waals surface area contributed by atoms with Gasteiger partial charge in [0.15, 0.2) is 0 Å². The topological polar surface area (TPSA) is 58.1 Å². The number of carbonyl (C=O) groups is 1. The van der Waals surface area contributed by atoms with Crippen LogP contribution in [0.1, 0.15) is 55.8 Å². The molecule has 0 saturated heterocycles. The van der Waals surface area contributed by atoms with Gasteiger partial charge in [-0.2, -0.15) is 0 Å². The van der Waals surface area contributed by atoms with E-state index in [-0.39, 0.29) is 11.5 Å². The molecule has 128 valence electrons. The predicted octanol–water partition coefficient (Wildman–Crippen LogP) is 3.05. The first kappa shape index (κ1) is 15.5. The normalized spacial score (nSPS) is 24.2. The van der Waals surface area contributed by atoms with E-state index in [0.717, 1.165) is 37.0 Å². The molecule has 0 unspecified atom stereocenters. The van der Waals surface area contributed by atoms with Gasteiger partial charge in [0.25, 0.3) is 11.5 Å². The van der Waals surface area contributed by atoms with Crippen LogP contribution in [0.2, 0.25) is 0 Å². The summed E-state index contributed by atoms with van der Waals surface area (Å²) in [7, 11) is 1.71. The Morgan fingerprint density at radius 1 is 1.17 bits per heavy atom. The second kappa shape index (κ2) is 5.80. The number of hydrogen-bond donors (Lipinski definition) is 1. The summed E-state index contributed by atoms with van der Waals surface area (Å²) in [4.78, 5) is 30.7. The number of nitrogens with zero attached hydrogens (tertiary/aromatic N) is 2. The quantitative estimate of drug-likeness (QED) is 0.942. The summed E-state index contributed by atoms with van der Waals surface area (Å²) in [5, 5.41) is 0.748. The van der Waals surface area contributed by atoms with Crippen LogP contribution >= 0.6 is 0 Å². The van der Waals surface area contributed by atoms with E-state index < -0.39 is 0 Å². The molecule has 2 aromatic rings. The SMILES string of the molecule is CC1CCC(N(C(=O)c2cn(C)c(=O)c3[nH]ccc23)C2CC2)CC1. The van der Waals surface area contributed by atoms with Crippen molar-refractivity contribution < 1.29 is 4.79 Å². The van der Waals surface area contributed by atoms with Gasteiger partial charge >= 0.3 is 0 Å². The highest BCUT2D eigenvalue weighted by Crippen LogP contribution is 2.36. The molecule has 4 rings (SSSR count). The fraction of sp³-hybridized carbons (Fsp3) is 0.579. The van der Waals surface area contributed by atoms with Crippen molar-refractivity contribution in [1.29, 1.82) is 0 Å². The third-order valence-corrected chi connectivity index (χ3v) is 5.68. The molecule has 2 saturated carbocycles. The van der Waals surface area contributed by atoms with Gasteiger partial charge < -0.3 is 14.5 Å². The Kier molecular flexibility index (Phi) is 3.74. The van der Waals surface area contributed by atoms with Gasteiger partial charge in [0.05, 0.1) is 5.56 Å². The molecule has 1 N–H and O–H groups in total. The van der Waals surface area contributed by atoms with E-state index in [0.29, 0.717) is 23.2 Å². The highest BCUT2D eigenvalue weighted by molar-refractivity contribution is 6.06. The van der Waals surface area contributed by atoms with E-state index in [1.54, 1.807) is 19.4 Å². The minimum absolute atomic E-state index is 0.0870. The lowest BCUT2D eigenvalue weighted by Crippen LogP contribution is -2.44. The summed E-state index contributed by atoms with van der Waals surface area (Å²) in [6.07, 6.45) is 10.3. The van der Waals surface area contributed by atoms with E-state index in [9.17, 15) is 9.59 Å². The molecule has 0 spiro atoms. The average Bonchev–Trinajstić information content (AvgIpc) is 3.27. The molecule has 5 nitrogen and oxygen atoms in total. The molecule has 2 aromatic heterocycles. The Labute approximate surface area is 141 Å². The number of fused-ring (bicyclic) bond motifs is 1. The molecule has 2 aliphatic carbocycles. The molecule has 0 atom stereocenters. The number of hydrogen-bond acceptors (Lipinski definition) is 2. The maximum absolute atomic E-state index is 13.4. The van der Waals surface area contributed by atoms with Gasteiger partial charge in [-0.25, -0.2) is 0 Å². The number of aromatic nitrogens is 2. The minimum Gasteiger partial charge on any atom is -0.357 e. The van der Waals surface area contributed by atoms with Crippen LogP contribution < -0.4 is 5.56 Å². The molecule has 0 radical (unpaired) electrons. The van der Waals surface area contributed by atoms with Crippen LogP contribution in [0.3, 0.4) is 0 Å². The van der Waals surface area contributed by atoms with Crippen molar-refractivity contribution in [2.75, 3.05) is 0 Å². The number of nitrogens with one attached hydrogen (secondary N) is 1. The number of pyridine rings is 1. The first-order valence-electron chi connectivity index (χ1n) is 9.05. The van der Waals surface area contributed by atoms with Crippen molar-refractivity contribution in [3.63, 3.8) is 0 Å². The summed E-state index contributed by atoms with van der Waals surface area (Å²) in [6, 6.07) is 2.59. The number of carbonyl (C=O) groups excluding carboxylic acids is 1. The molecule has 2 fully saturated rings. The smallest absolute Gasteiger partial charge is 0.274 e. The van der Waals surface area contributed by atoms with E-state index in [1.807, 2.05) is 6.07 Å². The van der Waals surface area contributed by atoms with Crippen molar-refractivity contribution >= 4 is 16.8 Å². The lowest BCUT2D eigenvalue weighted by molar-refractivity contribution is 0.0594. The summed E-state index contributed by atoms with van der Waals surface area (Å²) < 4.78 is 1.51. The summed E-state index contributed by atoms with van der Waals surface area (Å²) in [5.74, 6) is 0.864. The Morgan fingerprint density at radius 3 is 2.42 bits per heavy atom. The highest BCUT2D eigenvalue weighted by atomic mass is 16.2. The molecule has 2 aliphatic rings. The van der Waals surface area contributed by atoms with Crippen LogP contribution in [0.5, 0.6) is 0 Å². The Hall–Kier alpha value is -2.04. The van der Waals surface area contributed by atoms with Crippen LogP contribution in [0.4, 0.5) is 0 Å². The molecule has 0 bridgehead atoms. The highest BCUT2D eigenvalue weighted by Gasteiger charge is 2.39. The van der Waals surface area contributed by atoms with Gasteiger partial charge in [-0.15, -0.1) is 0 Å². The van der Waals surface area contributed by atoms with Gasteiger partial charge in [0.2, 0.25) is 0 Å². The third kappa shape index (κ3) is 2.56. The van der Waals surface area contributed by atoms with Crippen LogP contribution in [-0.2, 0) is 7.05 Å². The van der Waals surface area contributed by atoms with Crippen molar-refractivity contribution in [3.8, 4) is 0 Å². The third-order valence-electron chi connectivity index (χ3n) is 5.68. The second-order valence-corrected chi connectivity index (χ2v) is 7.58. The van der Waals surface area contributed by atoms with E-state index in [1.165, 1.54) is 17.4 Å². The maximum Gasteiger partial charge on any atom is 0.274 e. The molecule has 1 amide bonds. The Bertz CT molecular complexity index is 823. The largest absolute Gasteiger partial charge is 0.357 e. The Morgan fingerprint density at radius 2 is 1.79 bits per heavy atom. The molecular weight excluding hydrogens is 302 g/mol. The Balaban J connectivity index is 1.72. The van der Waals surface area contributed by atoms with Crippen LogP contribution in [0.25, 0.3) is 10.9 Å². The molecule has 2 heterocycles. The number of rotatable bonds is 3. The van der Waals surface area contributed by atoms with Gasteiger partial charge in [0.1, 0.15) is 5.52 Å². The molecule has 0 aliphatic heterocycles. The average molecular weight is 327 g/mol. The van der Waals surface area contributed by atoms with Crippen molar-refractivity contribution in [3.05, 3.63) is 34.4 Å². The van der Waals surface area contributed by atoms with Crippen molar-refractivity contribution in [1.82, 2.24) is 14.5 Å². The van der Waals surface area contributed by atoms with Gasteiger partial charge in [-0.3, -0.25) is 9.59 Å². The number of aryl methyl sites for hydroxylation is 1. The van der Waals surface area contributed by atoms with Crippen molar-refractivity contribution in [2.45, 2.75) is 57.5 Å². The van der Waals surface area contributed by atoms with Crippen LogP contribution in [0, 0.1) is 5.92 Å². The summed E-state index contributed by atoms with van der Waals surface area (Å²) in [6.45, 7) is 2.30. The minimum atomic E-state index is -0.0870. The number of H-pyrrole nitrogens is 1. The second-order valence-electron chi connectivity index (χ2n) is 7.58. The van der Waals surface area contributed by atoms with Crippen molar-refractivity contribution in [2.24, 2.45) is 13.0 Å². The van der Waals surface area contributed by atoms with Crippen LogP contribution in [-0.4, -0.2) is 32.4 Å². The predicted molar refractivity (Wildman–Crippen MR) is 94.2 cm³/mol. The number of aromatic amines is 1. The first-order valence-corrected chi connectivity index (χ1v) is 9.05. The fourth-order valence-electron chi connectivity index (χ4n) is 4.08. The standard InChI is InChI=1S/C19H25N3O2/c1-12-3-5-13(6-4-12)22(14-7-8-14)18(23)16-11-21(2)19(24)17-15(16)9-10-20-17/h9-14,20H,3-8H2,1-2H3. The van der Waals surface area contributed by atoms with E-state index in [2.05, 4.69) is 16.8 Å². The zero-order chi connectivity index (χ0) is 16.8. The molecule has 0 aromatic carbocycles. The zero-order valence-corrected chi connectivity index (χ0v) is 14.4. The lowest BCUT2D eigenvalue weighted by Gasteiger charge is -2.36. The number of amides is 1. The maximum atomic E-state index is 13.4. The molecule has 5 heteroatoms. The molecule has 24 heavy (non-hydrogen) atoms. The lowest BCUT2D eigenvalue weighted by atomic mass is 9.86. The fourth-order valence-corrected chi connectivity index (χ4v) is 4.08. The first-order chi connectivity index (χ1) is 11.6.